The number of amides is 3. The summed E-state index contributed by atoms with van der Waals surface area (Å²) in [6.45, 7) is 2.74. The van der Waals surface area contributed by atoms with Gasteiger partial charge in [-0.05, 0) is 19.3 Å². The van der Waals surface area contributed by atoms with Gasteiger partial charge in [-0.25, -0.2) is 4.79 Å². The molecule has 0 aliphatic carbocycles. The summed E-state index contributed by atoms with van der Waals surface area (Å²) >= 11 is 0. The van der Waals surface area contributed by atoms with Crippen molar-refractivity contribution in [1.82, 2.24) is 9.80 Å². The number of likely N-dealkylation sites (N-methyl/N-ethyl adjacent to an activating group) is 1. The highest BCUT2D eigenvalue weighted by Gasteiger charge is 2.32. The van der Waals surface area contributed by atoms with Crippen molar-refractivity contribution in [2.45, 2.75) is 32.2 Å². The Balaban J connectivity index is 2.32. The van der Waals surface area contributed by atoms with E-state index in [2.05, 4.69) is 0 Å². The highest BCUT2D eigenvalue weighted by Crippen LogP contribution is 2.09. The second kappa shape index (κ2) is 5.11. The van der Waals surface area contributed by atoms with E-state index >= 15 is 0 Å². The lowest BCUT2D eigenvalue weighted by atomic mass is 10.1. The predicted octanol–water partition coefficient (Wildman–Crippen LogP) is 0.398. The Morgan fingerprint density at radius 2 is 2.13 bits per heavy atom. The van der Waals surface area contributed by atoms with E-state index in [0.717, 1.165) is 19.3 Å². The van der Waals surface area contributed by atoms with Gasteiger partial charge in [0.1, 0.15) is 6.54 Å². The molecule has 5 heteroatoms. The van der Waals surface area contributed by atoms with Gasteiger partial charge in [0.2, 0.25) is 5.91 Å². The molecule has 1 aliphatic rings. The second-order valence-electron chi connectivity index (χ2n) is 3.99. The molecular formula is C10H19N3O2. The minimum atomic E-state index is -0.190. The van der Waals surface area contributed by atoms with Gasteiger partial charge in [-0.1, -0.05) is 6.92 Å². The van der Waals surface area contributed by atoms with Gasteiger partial charge in [0.15, 0.2) is 0 Å². The lowest BCUT2D eigenvalue weighted by Crippen LogP contribution is -2.33. The highest BCUT2D eigenvalue weighted by molar-refractivity contribution is 6.01. The van der Waals surface area contributed by atoms with Crippen molar-refractivity contribution in [1.29, 1.82) is 0 Å². The van der Waals surface area contributed by atoms with Crippen molar-refractivity contribution in [3.8, 4) is 0 Å². The minimum Gasteiger partial charge on any atom is -0.328 e. The molecule has 1 aliphatic heterocycles. The van der Waals surface area contributed by atoms with Crippen LogP contribution < -0.4 is 5.73 Å². The summed E-state index contributed by atoms with van der Waals surface area (Å²) in [5.74, 6) is -0.104. The van der Waals surface area contributed by atoms with E-state index < -0.39 is 0 Å². The number of carbonyl (C=O) groups excluding carboxylic acids is 2. The Bertz CT molecular complexity index is 255. The molecule has 0 saturated carbocycles. The molecule has 1 fully saturated rings. The van der Waals surface area contributed by atoms with Crippen molar-refractivity contribution < 1.29 is 9.59 Å². The molecule has 86 valence electrons. The highest BCUT2D eigenvalue weighted by atomic mass is 16.2. The van der Waals surface area contributed by atoms with Gasteiger partial charge in [0, 0.05) is 19.6 Å². The molecule has 0 aromatic heterocycles. The molecule has 0 radical (unpaired) electrons. The quantitative estimate of drug-likeness (QED) is 0.672. The van der Waals surface area contributed by atoms with E-state index in [1.807, 2.05) is 6.92 Å². The van der Waals surface area contributed by atoms with Crippen LogP contribution in [0.5, 0.6) is 0 Å². The van der Waals surface area contributed by atoms with Crippen molar-refractivity contribution in [3.05, 3.63) is 0 Å². The Labute approximate surface area is 90.2 Å². The van der Waals surface area contributed by atoms with Gasteiger partial charge in [-0.2, -0.15) is 0 Å². The smallest absolute Gasteiger partial charge is 0.326 e. The van der Waals surface area contributed by atoms with Crippen molar-refractivity contribution >= 4 is 11.9 Å². The van der Waals surface area contributed by atoms with Gasteiger partial charge in [0.25, 0.3) is 0 Å². The summed E-state index contributed by atoms with van der Waals surface area (Å²) < 4.78 is 0. The Kier molecular flexibility index (Phi) is 4.08. The maximum atomic E-state index is 11.5. The van der Waals surface area contributed by atoms with Crippen LogP contribution in [-0.4, -0.2) is 47.9 Å². The van der Waals surface area contributed by atoms with E-state index in [-0.39, 0.29) is 24.5 Å². The van der Waals surface area contributed by atoms with Crippen LogP contribution >= 0.6 is 0 Å². The summed E-state index contributed by atoms with van der Waals surface area (Å²) in [5, 5.41) is 0. The van der Waals surface area contributed by atoms with Crippen LogP contribution in [0.1, 0.15) is 26.2 Å². The lowest BCUT2D eigenvalue weighted by molar-refractivity contribution is -0.125. The molecule has 3 amide bonds. The van der Waals surface area contributed by atoms with Crippen LogP contribution in [0.15, 0.2) is 0 Å². The molecule has 0 spiro atoms. The fourth-order valence-corrected chi connectivity index (χ4v) is 1.60. The van der Waals surface area contributed by atoms with Crippen LogP contribution in [0.4, 0.5) is 4.79 Å². The van der Waals surface area contributed by atoms with Gasteiger partial charge in [-0.15, -0.1) is 0 Å². The Hall–Kier alpha value is -1.10. The normalized spacial score (nSPS) is 18.9. The zero-order valence-electron chi connectivity index (χ0n) is 9.40. The SMILES string of the molecule is CCC(N)CCCN1C(=O)CN(C)C1=O. The molecule has 1 saturated heterocycles. The topological polar surface area (TPSA) is 66.6 Å². The van der Waals surface area contributed by atoms with Gasteiger partial charge < -0.3 is 10.6 Å². The van der Waals surface area contributed by atoms with Crippen LogP contribution in [-0.2, 0) is 4.79 Å². The minimum absolute atomic E-state index is 0.104. The van der Waals surface area contributed by atoms with Gasteiger partial charge >= 0.3 is 6.03 Å². The fourth-order valence-electron chi connectivity index (χ4n) is 1.60. The first-order valence-electron chi connectivity index (χ1n) is 5.37. The molecule has 0 aromatic carbocycles. The Morgan fingerprint density at radius 3 is 2.60 bits per heavy atom. The molecule has 0 bridgehead atoms. The molecule has 1 unspecified atom stereocenters. The van der Waals surface area contributed by atoms with Crippen molar-refractivity contribution in [2.75, 3.05) is 20.1 Å². The third kappa shape index (κ3) is 2.92. The first kappa shape index (κ1) is 12.0. The number of hydrogen-bond donors (Lipinski definition) is 1. The molecule has 1 rings (SSSR count). The number of urea groups is 1. The molecule has 5 nitrogen and oxygen atoms in total. The number of nitrogens with zero attached hydrogens (tertiary/aromatic N) is 2. The maximum absolute atomic E-state index is 11.5. The summed E-state index contributed by atoms with van der Waals surface area (Å²) in [6.07, 6.45) is 2.58. The number of imide groups is 1. The zero-order chi connectivity index (χ0) is 11.4. The lowest BCUT2D eigenvalue weighted by Gasteiger charge is -2.15. The number of nitrogens with two attached hydrogens (primary N) is 1. The first-order valence-corrected chi connectivity index (χ1v) is 5.37. The predicted molar refractivity (Wildman–Crippen MR) is 57.2 cm³/mol. The van der Waals surface area contributed by atoms with E-state index in [4.69, 9.17) is 5.73 Å². The maximum Gasteiger partial charge on any atom is 0.326 e. The van der Waals surface area contributed by atoms with Gasteiger partial charge in [-0.3, -0.25) is 9.69 Å². The van der Waals surface area contributed by atoms with E-state index in [1.54, 1.807) is 7.05 Å². The van der Waals surface area contributed by atoms with Crippen molar-refractivity contribution in [2.24, 2.45) is 5.73 Å². The number of hydrogen-bond acceptors (Lipinski definition) is 3. The summed E-state index contributed by atoms with van der Waals surface area (Å²) in [4.78, 5) is 25.6. The van der Waals surface area contributed by atoms with E-state index in [0.29, 0.717) is 6.54 Å². The monoisotopic (exact) mass is 213 g/mol. The summed E-state index contributed by atoms with van der Waals surface area (Å²) in [7, 11) is 1.64. The number of carbonyl (C=O) groups is 2. The Morgan fingerprint density at radius 1 is 1.47 bits per heavy atom. The van der Waals surface area contributed by atoms with E-state index in [1.165, 1.54) is 9.80 Å². The average Bonchev–Trinajstić information content (AvgIpc) is 2.44. The van der Waals surface area contributed by atoms with E-state index in [9.17, 15) is 9.59 Å². The largest absolute Gasteiger partial charge is 0.328 e. The average molecular weight is 213 g/mol. The molecule has 2 N–H and O–H groups in total. The molecular weight excluding hydrogens is 194 g/mol. The standard InChI is InChI=1S/C10H19N3O2/c1-3-8(11)5-4-6-13-9(14)7-12(2)10(13)15/h8H,3-7,11H2,1-2H3. The first-order chi connectivity index (χ1) is 7.06. The fraction of sp³-hybridized carbons (Fsp3) is 0.800. The van der Waals surface area contributed by atoms with Gasteiger partial charge in [0.05, 0.1) is 0 Å². The summed E-state index contributed by atoms with van der Waals surface area (Å²) in [6, 6.07) is -0.0133. The zero-order valence-corrected chi connectivity index (χ0v) is 9.40. The molecule has 15 heavy (non-hydrogen) atoms. The third-order valence-corrected chi connectivity index (χ3v) is 2.71. The van der Waals surface area contributed by atoms with Crippen molar-refractivity contribution in [3.63, 3.8) is 0 Å². The molecule has 1 heterocycles. The third-order valence-electron chi connectivity index (χ3n) is 2.71. The molecule has 0 aromatic rings. The van der Waals surface area contributed by atoms with Crippen LogP contribution in [0.3, 0.4) is 0 Å². The summed E-state index contributed by atoms with van der Waals surface area (Å²) in [5.41, 5.74) is 5.76. The van der Waals surface area contributed by atoms with Crippen LogP contribution in [0, 0.1) is 0 Å². The molecule has 1 atom stereocenters. The van der Waals surface area contributed by atoms with Crippen LogP contribution in [0.25, 0.3) is 0 Å². The second-order valence-corrected chi connectivity index (χ2v) is 3.99. The van der Waals surface area contributed by atoms with Crippen LogP contribution in [0.2, 0.25) is 0 Å². The number of rotatable bonds is 5.